The quantitative estimate of drug-likeness (QED) is 0.0157. The molecule has 150 heavy (non-hydrogen) atoms. The molecule has 8 heterocycles. The molecule has 6 saturated carbocycles. The lowest BCUT2D eigenvalue weighted by Gasteiger charge is -2.35. The standard InChI is InChI=1S/2C25H39N5O.C25H36N4O3.C23H20FN3O2.C21H17FN4O/c2*1-30-23(31)25(29-24(30)26,13-12-19-7-3-2-4-8-19)16-20-9-5-11-22(15-20)28-18-21-10-6-14-27-17-21;26-24-27-25(17-20-9-5-2-6-10-20,16-15-19-7-3-1-4-8-19)23(30)28(24)18-21-11-13-22(14-12-21)29(31)32;1-27-21(28)23(26-22(27)25,16-8-4-3-5-9-16)17-11-12-20(24)19(14-17)15-7-6-10-18(13-15)29-2;1-26-19(27)21(25-20(26)23,15-7-3-2-4-8-15)16-9-10-18(22)17(12-16)14-6-5-11-24-13-14/h2*6,10,14,17,19-20,22,28H,2-5,7-9,11-13,15-16,18H2,1H3,(H2,26,29);11-14,19-20H,1-10,15-18H2,(H2,26,27);3-14H,1-2H3,(H2,25,26);2-13H,1H3,(H2,23,25)/t20-,22?,25+;20-,22+,25+;25-;;/m001../s1. The number of carbonyl (C=O) groups excluding carboxylic acids is 5. The number of pyridine rings is 3. The number of aromatic nitrogens is 3. The summed E-state index contributed by atoms with van der Waals surface area (Å²) >= 11 is 0. The van der Waals surface area contributed by atoms with Gasteiger partial charge in [-0.2, -0.15) is 0 Å². The number of guanidine groups is 5. The van der Waals surface area contributed by atoms with Crippen molar-refractivity contribution in [2.75, 3.05) is 35.3 Å². The number of nitrogens with zero attached hydrogens (tertiary/aromatic N) is 14. The number of benzene rings is 6. The Morgan fingerprint density at radius 2 is 0.753 bits per heavy atom. The zero-order valence-corrected chi connectivity index (χ0v) is 87.9. The van der Waals surface area contributed by atoms with Crippen LogP contribution in [0, 0.1) is 57.3 Å². The van der Waals surface area contributed by atoms with Crippen LogP contribution in [-0.4, -0.2) is 168 Å². The molecule has 0 radical (unpaired) electrons. The lowest BCUT2D eigenvalue weighted by atomic mass is 9.74. The number of hydrogen-bond donors (Lipinski definition) is 7. The highest BCUT2D eigenvalue weighted by molar-refractivity contribution is 6.11. The Hall–Kier alpha value is -13.6. The Kier molecular flexibility index (Phi) is 36.7. The van der Waals surface area contributed by atoms with Crippen molar-refractivity contribution in [3.8, 4) is 28.0 Å². The number of halogens is 2. The minimum atomic E-state index is -1.36. The number of likely N-dealkylation sites (N-methyl/N-ethyl adjacent to an activating group) is 4. The third-order valence-electron chi connectivity index (χ3n) is 33.3. The van der Waals surface area contributed by atoms with E-state index in [1.807, 2.05) is 97.6 Å². The first-order chi connectivity index (χ1) is 72.6. The van der Waals surface area contributed by atoms with E-state index in [9.17, 15) is 42.9 Å². The van der Waals surface area contributed by atoms with E-state index < -0.39 is 44.3 Å². The van der Waals surface area contributed by atoms with Crippen LogP contribution < -0.4 is 44.0 Å². The minimum absolute atomic E-state index is 0.0229. The van der Waals surface area contributed by atoms with Gasteiger partial charge in [-0.25, -0.2) is 33.7 Å². The number of hydrogen-bond acceptors (Lipinski definition) is 23. The van der Waals surface area contributed by atoms with E-state index >= 15 is 0 Å². The number of amides is 5. The number of ether oxygens (including phenoxy) is 1. The average molecular weight is 2040 g/mol. The van der Waals surface area contributed by atoms with Crippen molar-refractivity contribution in [2.24, 2.45) is 89.1 Å². The van der Waals surface area contributed by atoms with Crippen molar-refractivity contribution in [3.63, 3.8) is 0 Å². The molecule has 5 amide bonds. The molecule has 31 heteroatoms. The third kappa shape index (κ3) is 25.8. The Morgan fingerprint density at radius 1 is 0.373 bits per heavy atom. The van der Waals surface area contributed by atoms with Gasteiger partial charge in [0.15, 0.2) is 40.9 Å². The van der Waals surface area contributed by atoms with Crippen molar-refractivity contribution in [1.29, 1.82) is 0 Å². The molecule has 12 N–H and O–H groups in total. The number of methoxy groups -OCH3 is 1. The maximum atomic E-state index is 14.8. The molecule has 9 aromatic rings. The van der Waals surface area contributed by atoms with Gasteiger partial charge in [0.2, 0.25) is 0 Å². The number of non-ortho nitro benzene ring substituents is 1. The molecule has 3 aromatic heterocycles. The minimum Gasteiger partial charge on any atom is -0.497 e. The highest BCUT2D eigenvalue weighted by Crippen LogP contribution is 2.49. The van der Waals surface area contributed by atoms with E-state index in [2.05, 4.69) is 47.7 Å². The monoisotopic (exact) mass is 2040 g/mol. The summed E-state index contributed by atoms with van der Waals surface area (Å²) < 4.78 is 34.6. The van der Waals surface area contributed by atoms with Gasteiger partial charge in [-0.05, 0) is 218 Å². The van der Waals surface area contributed by atoms with Crippen LogP contribution in [0.4, 0.5) is 14.5 Å². The molecule has 794 valence electrons. The summed E-state index contributed by atoms with van der Waals surface area (Å²) in [6, 6.07) is 53.7. The molecule has 11 aliphatic rings. The third-order valence-corrected chi connectivity index (χ3v) is 33.3. The fourth-order valence-corrected chi connectivity index (χ4v) is 24.9. The van der Waals surface area contributed by atoms with Gasteiger partial charge in [0.1, 0.15) is 34.0 Å². The smallest absolute Gasteiger partial charge is 0.269 e. The second-order valence-corrected chi connectivity index (χ2v) is 43.4. The van der Waals surface area contributed by atoms with Crippen LogP contribution in [0.25, 0.3) is 22.3 Å². The molecule has 0 bridgehead atoms. The summed E-state index contributed by atoms with van der Waals surface area (Å²) in [4.78, 5) is 121. The number of nitro benzene ring substituents is 1. The van der Waals surface area contributed by atoms with Crippen molar-refractivity contribution in [3.05, 3.63) is 280 Å². The molecule has 29 nitrogen and oxygen atoms in total. The molecular formula is C119H151F2N21O8. The number of nitrogens with one attached hydrogen (secondary N) is 2. The van der Waals surface area contributed by atoms with Gasteiger partial charge in [0.25, 0.3) is 35.2 Å². The van der Waals surface area contributed by atoms with E-state index in [0.29, 0.717) is 110 Å². The second-order valence-electron chi connectivity index (χ2n) is 43.4. The van der Waals surface area contributed by atoms with Gasteiger partial charge >= 0.3 is 0 Å². The van der Waals surface area contributed by atoms with Crippen molar-refractivity contribution in [1.82, 2.24) is 50.1 Å². The lowest BCUT2D eigenvalue weighted by molar-refractivity contribution is -0.384. The Bertz CT molecular complexity index is 6120. The molecule has 0 spiro atoms. The molecule has 9 atom stereocenters. The van der Waals surface area contributed by atoms with Gasteiger partial charge in [-0.15, -0.1) is 0 Å². The summed E-state index contributed by atoms with van der Waals surface area (Å²) in [5, 5.41) is 18.4. The number of nitro groups is 1. The zero-order chi connectivity index (χ0) is 106. The summed E-state index contributed by atoms with van der Waals surface area (Å²) in [6.07, 6.45) is 54.2. The second kappa shape index (κ2) is 50.4. The first-order valence-corrected chi connectivity index (χ1v) is 54.5. The Labute approximate surface area is 881 Å². The first kappa shape index (κ1) is 109. The molecule has 6 aliphatic carbocycles. The largest absolute Gasteiger partial charge is 0.497 e. The number of nitrogens with two attached hydrogens (primary N) is 5. The highest BCUT2D eigenvalue weighted by Gasteiger charge is 2.55. The molecule has 20 rings (SSSR count). The van der Waals surface area contributed by atoms with Gasteiger partial charge in [-0.1, -0.05) is 269 Å². The summed E-state index contributed by atoms with van der Waals surface area (Å²) in [5.41, 5.74) is 33.6. The number of rotatable bonds is 31. The topological polar surface area (TPSA) is 409 Å². The van der Waals surface area contributed by atoms with E-state index in [1.54, 1.807) is 135 Å². The van der Waals surface area contributed by atoms with Crippen LogP contribution in [0.15, 0.2) is 244 Å². The average Bonchev–Trinajstić information content (AvgIpc) is 1.57. The highest BCUT2D eigenvalue weighted by atomic mass is 19.1. The molecule has 6 aromatic carbocycles. The summed E-state index contributed by atoms with van der Waals surface area (Å²) in [7, 11) is 8.28. The summed E-state index contributed by atoms with van der Waals surface area (Å²) in [6.45, 7) is 2.01. The maximum absolute atomic E-state index is 14.8. The SMILES string of the molecule is CN1C(=O)C(c2ccccc2)(c2ccc(F)c(-c3cccnc3)c2)N=C1N.CN1C(=O)[C@@](CCC2CCCCC2)(C[C@H]2CCCC(NCc3cccnc3)C2)N=C1N.CN1C(=O)[C@@](CCC2CCCCC2)(C[C@H]2CCC[C@@H](NCc3cccnc3)C2)N=C1N.COc1cccc(-c2cc(C3(c4ccccc4)N=C(N)N(C)C3=O)ccc2F)c1.NC1=N[C@](CCC2CCCCC2)(CC2CCCCC2)C(=O)N1Cc1ccc([N+](=O)[O-])cc1. The number of carbonyl (C=O) groups is 5. The normalized spacial score (nSPS) is 24.8. The van der Waals surface area contributed by atoms with Crippen LogP contribution >= 0.6 is 0 Å². The van der Waals surface area contributed by atoms with Crippen molar-refractivity contribution >= 4 is 65.0 Å². The molecule has 6 fully saturated rings. The lowest BCUT2D eigenvalue weighted by Crippen LogP contribution is -2.45. The van der Waals surface area contributed by atoms with Gasteiger partial charge < -0.3 is 44.0 Å². The number of aliphatic imine (C=N–C) groups is 5. The predicted octanol–water partition coefficient (Wildman–Crippen LogP) is 19.8. The molecule has 0 saturated heterocycles. The van der Waals surface area contributed by atoms with Crippen LogP contribution in [-0.2, 0) is 54.7 Å². The predicted molar refractivity (Wildman–Crippen MR) is 585 cm³/mol. The van der Waals surface area contributed by atoms with Gasteiger partial charge in [0.05, 0.1) is 18.6 Å². The van der Waals surface area contributed by atoms with E-state index in [1.165, 1.54) is 212 Å². The van der Waals surface area contributed by atoms with Crippen LogP contribution in [0.2, 0.25) is 0 Å². The Balaban J connectivity index is 0.000000134. The fraction of sp³-hybridized carbons (Fsp3) is 0.487. The molecule has 3 unspecified atom stereocenters. The van der Waals surface area contributed by atoms with Gasteiger partial charge in [-0.3, -0.25) is 73.5 Å². The van der Waals surface area contributed by atoms with Crippen molar-refractivity contribution < 1.29 is 42.4 Å². The summed E-state index contributed by atoms with van der Waals surface area (Å²) in [5.74, 6) is 4.59. The van der Waals surface area contributed by atoms with Gasteiger partial charge in [0, 0.05) is 119 Å². The van der Waals surface area contributed by atoms with E-state index in [4.69, 9.17) is 48.4 Å². The van der Waals surface area contributed by atoms with E-state index in [-0.39, 0.29) is 47.1 Å². The van der Waals surface area contributed by atoms with E-state index in [0.717, 1.165) is 101 Å². The van der Waals surface area contributed by atoms with Crippen molar-refractivity contribution in [2.45, 2.75) is 297 Å². The molecular weight excluding hydrogens is 1890 g/mol. The molecule has 5 aliphatic heterocycles. The Morgan fingerprint density at radius 3 is 1.14 bits per heavy atom. The fourth-order valence-electron chi connectivity index (χ4n) is 24.9. The van der Waals surface area contributed by atoms with Crippen LogP contribution in [0.1, 0.15) is 277 Å². The van der Waals surface area contributed by atoms with Crippen LogP contribution in [0.3, 0.4) is 0 Å². The first-order valence-electron chi connectivity index (χ1n) is 54.5. The van der Waals surface area contributed by atoms with Crippen LogP contribution in [0.5, 0.6) is 5.75 Å². The maximum Gasteiger partial charge on any atom is 0.269 e. The zero-order valence-electron chi connectivity index (χ0n) is 87.9.